The summed E-state index contributed by atoms with van der Waals surface area (Å²) in [6.45, 7) is 5.85. The van der Waals surface area contributed by atoms with Crippen molar-refractivity contribution in [2.75, 3.05) is 37.7 Å². The fraction of sp³-hybridized carbons (Fsp3) is 0.280. The van der Waals surface area contributed by atoms with Gasteiger partial charge in [-0.3, -0.25) is 4.90 Å². The molecule has 2 aliphatic heterocycles. The van der Waals surface area contributed by atoms with Gasteiger partial charge in [0.05, 0.1) is 12.0 Å². The standard InChI is InChI=1S/C25H24N4OS/c1-2-4-19(5-3-1)23-15-21-24(26-17-27-25(21)31-23)29-11-9-28(10-12-29)16-18-6-7-22-20(14-18)8-13-30-22/h1-7,14-15,17H,8-13,16H2. The maximum atomic E-state index is 5.64. The molecule has 2 aromatic heterocycles. The molecule has 5 nitrogen and oxygen atoms in total. The Bertz CT molecular complexity index is 1210. The van der Waals surface area contributed by atoms with Gasteiger partial charge in [-0.05, 0) is 28.8 Å². The highest BCUT2D eigenvalue weighted by atomic mass is 32.1. The van der Waals surface area contributed by atoms with Crippen LogP contribution in [0.1, 0.15) is 11.1 Å². The van der Waals surface area contributed by atoms with Crippen molar-refractivity contribution in [2.24, 2.45) is 0 Å². The van der Waals surface area contributed by atoms with Gasteiger partial charge < -0.3 is 9.64 Å². The Hall–Kier alpha value is -2.96. The Labute approximate surface area is 185 Å². The minimum absolute atomic E-state index is 0.819. The van der Waals surface area contributed by atoms with Crippen LogP contribution >= 0.6 is 11.3 Å². The van der Waals surface area contributed by atoms with E-state index in [1.54, 1.807) is 17.7 Å². The van der Waals surface area contributed by atoms with E-state index in [1.165, 1.54) is 27.0 Å². The third-order valence-corrected chi connectivity index (χ3v) is 7.29. The lowest BCUT2D eigenvalue weighted by Gasteiger charge is -2.35. The number of fused-ring (bicyclic) bond motifs is 2. The van der Waals surface area contributed by atoms with Crippen LogP contribution in [0.2, 0.25) is 0 Å². The quantitative estimate of drug-likeness (QED) is 0.475. The zero-order valence-corrected chi connectivity index (χ0v) is 18.1. The van der Waals surface area contributed by atoms with Crippen LogP contribution in [0.15, 0.2) is 60.9 Å². The van der Waals surface area contributed by atoms with Crippen molar-refractivity contribution in [3.05, 3.63) is 72.1 Å². The Balaban J connectivity index is 1.18. The topological polar surface area (TPSA) is 41.5 Å². The maximum Gasteiger partial charge on any atom is 0.140 e. The minimum Gasteiger partial charge on any atom is -0.493 e. The van der Waals surface area contributed by atoms with E-state index in [0.29, 0.717) is 0 Å². The fourth-order valence-electron chi connectivity index (χ4n) is 4.55. The summed E-state index contributed by atoms with van der Waals surface area (Å²) in [7, 11) is 0. The van der Waals surface area contributed by atoms with Gasteiger partial charge in [0.1, 0.15) is 22.7 Å². The molecule has 4 aromatic rings. The smallest absolute Gasteiger partial charge is 0.140 e. The number of hydrogen-bond donors (Lipinski definition) is 0. The van der Waals surface area contributed by atoms with Crippen molar-refractivity contribution in [1.82, 2.24) is 14.9 Å². The molecule has 1 fully saturated rings. The predicted molar refractivity (Wildman–Crippen MR) is 126 cm³/mol. The van der Waals surface area contributed by atoms with Gasteiger partial charge in [0.25, 0.3) is 0 Å². The second kappa shape index (κ2) is 7.94. The van der Waals surface area contributed by atoms with Crippen LogP contribution in [0, 0.1) is 0 Å². The number of rotatable bonds is 4. The molecule has 0 radical (unpaired) electrons. The Kier molecular flexibility index (Phi) is 4.81. The summed E-state index contributed by atoms with van der Waals surface area (Å²) in [4.78, 5) is 16.5. The van der Waals surface area contributed by atoms with Crippen LogP contribution in [0.25, 0.3) is 20.7 Å². The zero-order chi connectivity index (χ0) is 20.6. The summed E-state index contributed by atoms with van der Waals surface area (Å²) in [6, 6.07) is 19.4. The summed E-state index contributed by atoms with van der Waals surface area (Å²) < 4.78 is 5.64. The van der Waals surface area contributed by atoms with Crippen molar-refractivity contribution in [1.29, 1.82) is 0 Å². The monoisotopic (exact) mass is 428 g/mol. The summed E-state index contributed by atoms with van der Waals surface area (Å²) >= 11 is 1.74. The first-order valence-corrected chi connectivity index (χ1v) is 11.7. The molecule has 31 heavy (non-hydrogen) atoms. The summed E-state index contributed by atoms with van der Waals surface area (Å²) in [5, 5.41) is 1.17. The molecule has 156 valence electrons. The molecule has 0 aliphatic carbocycles. The Morgan fingerprint density at radius 2 is 1.81 bits per heavy atom. The SMILES string of the molecule is c1ccc(-c2cc3c(N4CCN(Cc5ccc6c(c5)CCO6)CC4)ncnc3s2)cc1. The van der Waals surface area contributed by atoms with Crippen molar-refractivity contribution in [3.8, 4) is 16.2 Å². The molecule has 0 N–H and O–H groups in total. The average molecular weight is 429 g/mol. The maximum absolute atomic E-state index is 5.64. The zero-order valence-electron chi connectivity index (χ0n) is 17.3. The molecule has 2 aliphatic rings. The van der Waals surface area contributed by atoms with E-state index >= 15 is 0 Å². The van der Waals surface area contributed by atoms with Gasteiger partial charge in [-0.15, -0.1) is 11.3 Å². The number of piperazine rings is 1. The Morgan fingerprint density at radius 1 is 0.935 bits per heavy atom. The number of aromatic nitrogens is 2. The summed E-state index contributed by atoms with van der Waals surface area (Å²) in [5.41, 5.74) is 3.97. The van der Waals surface area contributed by atoms with E-state index in [0.717, 1.165) is 62.1 Å². The lowest BCUT2D eigenvalue weighted by atomic mass is 10.1. The van der Waals surface area contributed by atoms with E-state index in [4.69, 9.17) is 4.74 Å². The number of benzene rings is 2. The van der Waals surface area contributed by atoms with Gasteiger partial charge in [-0.2, -0.15) is 0 Å². The molecule has 2 aromatic carbocycles. The van der Waals surface area contributed by atoms with Crippen LogP contribution < -0.4 is 9.64 Å². The van der Waals surface area contributed by atoms with E-state index in [1.807, 2.05) is 0 Å². The minimum atomic E-state index is 0.819. The van der Waals surface area contributed by atoms with E-state index < -0.39 is 0 Å². The van der Waals surface area contributed by atoms with Crippen molar-refractivity contribution >= 4 is 27.4 Å². The molecule has 4 heterocycles. The normalized spacial score (nSPS) is 16.5. The highest BCUT2D eigenvalue weighted by molar-refractivity contribution is 7.21. The van der Waals surface area contributed by atoms with Crippen LogP contribution in [0.3, 0.4) is 0 Å². The van der Waals surface area contributed by atoms with Crippen molar-refractivity contribution in [2.45, 2.75) is 13.0 Å². The first-order chi connectivity index (χ1) is 15.3. The molecular formula is C25H24N4OS. The number of ether oxygens (including phenoxy) is 1. The fourth-order valence-corrected chi connectivity index (χ4v) is 5.55. The van der Waals surface area contributed by atoms with E-state index in [9.17, 15) is 0 Å². The molecule has 0 saturated carbocycles. The lowest BCUT2D eigenvalue weighted by molar-refractivity contribution is 0.249. The molecule has 6 rings (SSSR count). The molecule has 0 spiro atoms. The Morgan fingerprint density at radius 3 is 2.68 bits per heavy atom. The third-order valence-electron chi connectivity index (χ3n) is 6.20. The molecule has 0 unspecified atom stereocenters. The highest BCUT2D eigenvalue weighted by Crippen LogP contribution is 2.36. The molecule has 0 atom stereocenters. The van der Waals surface area contributed by atoms with Crippen molar-refractivity contribution < 1.29 is 4.74 Å². The van der Waals surface area contributed by atoms with Crippen molar-refractivity contribution in [3.63, 3.8) is 0 Å². The predicted octanol–water partition coefficient (Wildman–Crippen LogP) is 4.62. The second-order valence-electron chi connectivity index (χ2n) is 8.20. The number of hydrogen-bond acceptors (Lipinski definition) is 6. The number of thiophene rings is 1. The number of anilines is 1. The van der Waals surface area contributed by atoms with Gasteiger partial charge in [0.2, 0.25) is 0 Å². The first kappa shape index (κ1) is 18.8. The number of nitrogens with zero attached hydrogens (tertiary/aromatic N) is 4. The largest absolute Gasteiger partial charge is 0.493 e. The van der Waals surface area contributed by atoms with Crippen LogP contribution in [-0.2, 0) is 13.0 Å². The lowest BCUT2D eigenvalue weighted by Crippen LogP contribution is -2.46. The van der Waals surface area contributed by atoms with Gasteiger partial charge in [-0.25, -0.2) is 9.97 Å². The highest BCUT2D eigenvalue weighted by Gasteiger charge is 2.22. The summed E-state index contributed by atoms with van der Waals surface area (Å²) in [6.07, 6.45) is 2.74. The molecule has 0 amide bonds. The molecule has 1 saturated heterocycles. The average Bonchev–Trinajstić information content (AvgIpc) is 3.47. The first-order valence-electron chi connectivity index (χ1n) is 10.9. The van der Waals surface area contributed by atoms with Crippen LogP contribution in [0.5, 0.6) is 5.75 Å². The van der Waals surface area contributed by atoms with Crippen LogP contribution in [0.4, 0.5) is 5.82 Å². The molecular weight excluding hydrogens is 404 g/mol. The molecule has 0 bridgehead atoms. The summed E-state index contributed by atoms with van der Waals surface area (Å²) in [5.74, 6) is 2.13. The van der Waals surface area contributed by atoms with E-state index in [-0.39, 0.29) is 0 Å². The second-order valence-corrected chi connectivity index (χ2v) is 9.23. The van der Waals surface area contributed by atoms with Gasteiger partial charge >= 0.3 is 0 Å². The molecule has 6 heteroatoms. The van der Waals surface area contributed by atoms with Gasteiger partial charge in [-0.1, -0.05) is 42.5 Å². The third kappa shape index (κ3) is 3.66. The van der Waals surface area contributed by atoms with Crippen LogP contribution in [-0.4, -0.2) is 47.7 Å². The van der Waals surface area contributed by atoms with Gasteiger partial charge in [0, 0.05) is 44.0 Å². The van der Waals surface area contributed by atoms with E-state index in [2.05, 4.69) is 74.4 Å². The van der Waals surface area contributed by atoms with Gasteiger partial charge in [0.15, 0.2) is 0 Å².